The van der Waals surface area contributed by atoms with Gasteiger partial charge in [-0.15, -0.1) is 0 Å². The van der Waals surface area contributed by atoms with E-state index in [1.807, 2.05) is 60.7 Å². The van der Waals surface area contributed by atoms with Crippen LogP contribution in [0.25, 0.3) is 0 Å². The highest BCUT2D eigenvalue weighted by molar-refractivity contribution is 6.35. The van der Waals surface area contributed by atoms with E-state index in [1.165, 1.54) is 5.56 Å². The molecule has 4 aromatic carbocycles. The Morgan fingerprint density at radius 2 is 1.30 bits per heavy atom. The molecule has 0 saturated carbocycles. The normalized spacial score (nSPS) is 14.3. The van der Waals surface area contributed by atoms with Crippen LogP contribution in [-0.2, 0) is 13.0 Å². The lowest BCUT2D eigenvalue weighted by Crippen LogP contribution is -2.37. The van der Waals surface area contributed by atoms with Crippen LogP contribution in [-0.4, -0.2) is 50.6 Å². The number of halogens is 2. The highest BCUT2D eigenvalue weighted by Gasteiger charge is 2.22. The third kappa shape index (κ3) is 9.40. The van der Waals surface area contributed by atoms with E-state index in [9.17, 15) is 0 Å². The van der Waals surface area contributed by atoms with Crippen molar-refractivity contribution in [1.82, 2.24) is 10.6 Å². The molecule has 0 aromatic heterocycles. The lowest BCUT2D eigenvalue weighted by molar-refractivity contribution is 0.233. The Balaban J connectivity index is 0.000000207. The summed E-state index contributed by atoms with van der Waals surface area (Å²) in [6, 6.07) is 33.5. The molecule has 7 nitrogen and oxygen atoms in total. The first-order chi connectivity index (χ1) is 21.1. The van der Waals surface area contributed by atoms with E-state index >= 15 is 0 Å². The molecule has 1 unspecified atom stereocenters. The molecule has 6 rings (SSSR count). The summed E-state index contributed by atoms with van der Waals surface area (Å²) in [6.45, 7) is 4.26. The summed E-state index contributed by atoms with van der Waals surface area (Å²) in [5.74, 6) is 3.86. The second kappa shape index (κ2) is 15.9. The Hall–Kier alpha value is -4.20. The molecule has 0 bridgehead atoms. The van der Waals surface area contributed by atoms with Gasteiger partial charge in [0, 0.05) is 24.5 Å². The van der Waals surface area contributed by atoms with Gasteiger partial charge in [-0.3, -0.25) is 9.98 Å². The Labute approximate surface area is 262 Å². The van der Waals surface area contributed by atoms with Crippen LogP contribution in [0.3, 0.4) is 0 Å². The lowest BCUT2D eigenvalue weighted by atomic mass is 10.1. The van der Waals surface area contributed by atoms with Gasteiger partial charge in [0.2, 0.25) is 0 Å². The maximum atomic E-state index is 6.40. The van der Waals surface area contributed by atoms with E-state index in [2.05, 4.69) is 44.9 Å². The summed E-state index contributed by atoms with van der Waals surface area (Å²) >= 11 is 11.7. The molecular formula is C34H34Cl2N4O3. The molecule has 9 heteroatoms. The van der Waals surface area contributed by atoms with E-state index in [0.717, 1.165) is 61.3 Å². The number of benzene rings is 4. The number of hydrogen-bond donors (Lipinski definition) is 2. The number of nitrogens with one attached hydrogen (secondary N) is 2. The van der Waals surface area contributed by atoms with Gasteiger partial charge in [-0.05, 0) is 41.5 Å². The van der Waals surface area contributed by atoms with Gasteiger partial charge < -0.3 is 24.8 Å². The summed E-state index contributed by atoms with van der Waals surface area (Å²) in [5, 5.41) is 7.59. The first-order valence-electron chi connectivity index (χ1n) is 14.2. The molecule has 2 heterocycles. The van der Waals surface area contributed by atoms with Gasteiger partial charge >= 0.3 is 0 Å². The molecule has 43 heavy (non-hydrogen) atoms. The van der Waals surface area contributed by atoms with Crippen molar-refractivity contribution in [2.24, 2.45) is 9.98 Å². The fraction of sp³-hybridized carbons (Fsp3) is 0.235. The highest BCUT2D eigenvalue weighted by atomic mass is 35.5. The van der Waals surface area contributed by atoms with Gasteiger partial charge in [0.05, 0.1) is 18.1 Å². The predicted molar refractivity (Wildman–Crippen MR) is 174 cm³/mol. The maximum Gasteiger partial charge on any atom is 0.162 e. The second-order valence-corrected chi connectivity index (χ2v) is 10.7. The average molecular weight is 618 g/mol. The Bertz CT molecular complexity index is 1520. The molecule has 2 aliphatic rings. The van der Waals surface area contributed by atoms with Crippen molar-refractivity contribution in [1.29, 1.82) is 0 Å². The second-order valence-electron chi connectivity index (χ2n) is 9.83. The van der Waals surface area contributed by atoms with Gasteiger partial charge in [-0.2, -0.15) is 0 Å². The number of para-hydroxylation sites is 2. The van der Waals surface area contributed by atoms with Crippen LogP contribution >= 0.6 is 23.2 Å². The zero-order valence-electron chi connectivity index (χ0n) is 23.7. The molecule has 0 radical (unpaired) electrons. The van der Waals surface area contributed by atoms with Crippen LogP contribution < -0.4 is 24.8 Å². The zero-order valence-corrected chi connectivity index (χ0v) is 25.2. The molecule has 0 fully saturated rings. The third-order valence-corrected chi connectivity index (χ3v) is 7.16. The number of rotatable bonds is 11. The monoisotopic (exact) mass is 616 g/mol. The minimum Gasteiger partial charge on any atom is -0.485 e. The Kier molecular flexibility index (Phi) is 11.2. The first-order valence-corrected chi connectivity index (χ1v) is 15.0. The summed E-state index contributed by atoms with van der Waals surface area (Å²) < 4.78 is 17.9. The number of nitrogens with zero attached hydrogens (tertiary/aromatic N) is 2. The molecule has 222 valence electrons. The topological polar surface area (TPSA) is 76.5 Å². The zero-order chi connectivity index (χ0) is 29.7. The lowest BCUT2D eigenvalue weighted by Gasteiger charge is -2.21. The molecular weight excluding hydrogens is 583 g/mol. The van der Waals surface area contributed by atoms with E-state index in [1.54, 1.807) is 18.2 Å². The molecule has 2 aliphatic heterocycles. The molecule has 0 amide bonds. The van der Waals surface area contributed by atoms with Crippen molar-refractivity contribution < 1.29 is 14.2 Å². The third-order valence-electron chi connectivity index (χ3n) is 6.63. The van der Waals surface area contributed by atoms with Crippen molar-refractivity contribution in [3.05, 3.63) is 124 Å². The van der Waals surface area contributed by atoms with Crippen molar-refractivity contribution >= 4 is 34.9 Å². The fourth-order valence-corrected chi connectivity index (χ4v) is 4.95. The minimum absolute atomic E-state index is 0.175. The largest absolute Gasteiger partial charge is 0.485 e. The quantitative estimate of drug-likeness (QED) is 0.198. The molecule has 4 aromatic rings. The number of aliphatic imine (C=N–C) groups is 2. The van der Waals surface area contributed by atoms with Gasteiger partial charge in [0.25, 0.3) is 0 Å². The number of ether oxygens (including phenoxy) is 3. The van der Waals surface area contributed by atoms with Gasteiger partial charge in [0.1, 0.15) is 30.6 Å². The standard InChI is InChI=1S/C24H24N2O2.C10H10Cl2N2O/c1-3-9-19(10-4-1)17-23(24-25-15-16-26-24)28-22-14-8-7-13-21(22)27-18-20-11-5-2-6-12-20;11-7-1-2-9(8(12)5-7)15-6-10-13-3-4-14-10/h1-14,23H,15-18H2,(H,25,26);1-2,5H,3-4,6H2,(H,13,14). The van der Waals surface area contributed by atoms with Crippen molar-refractivity contribution in [3.63, 3.8) is 0 Å². The van der Waals surface area contributed by atoms with Gasteiger partial charge in [-0.1, -0.05) is 96.0 Å². The van der Waals surface area contributed by atoms with Crippen molar-refractivity contribution in [2.45, 2.75) is 19.1 Å². The maximum absolute atomic E-state index is 6.40. The highest BCUT2D eigenvalue weighted by Crippen LogP contribution is 2.29. The summed E-state index contributed by atoms with van der Waals surface area (Å²) in [5.41, 5.74) is 2.34. The summed E-state index contributed by atoms with van der Waals surface area (Å²) in [7, 11) is 0. The van der Waals surface area contributed by atoms with Crippen molar-refractivity contribution in [2.75, 3.05) is 32.8 Å². The van der Waals surface area contributed by atoms with E-state index in [0.29, 0.717) is 29.0 Å². The molecule has 2 N–H and O–H groups in total. The average Bonchev–Trinajstić information content (AvgIpc) is 3.77. The van der Waals surface area contributed by atoms with Crippen LogP contribution in [0.15, 0.2) is 113 Å². The van der Waals surface area contributed by atoms with Crippen LogP contribution in [0.1, 0.15) is 11.1 Å². The Morgan fingerprint density at radius 1 is 0.651 bits per heavy atom. The van der Waals surface area contributed by atoms with Crippen LogP contribution in [0.5, 0.6) is 17.2 Å². The van der Waals surface area contributed by atoms with Gasteiger partial charge in [-0.25, -0.2) is 0 Å². The molecule has 0 saturated heterocycles. The Morgan fingerprint density at radius 3 is 1.98 bits per heavy atom. The van der Waals surface area contributed by atoms with Crippen LogP contribution in [0, 0.1) is 0 Å². The van der Waals surface area contributed by atoms with E-state index in [4.69, 9.17) is 37.4 Å². The SMILES string of the molecule is Clc1ccc(OCC2=NCCN2)c(Cl)c1.c1ccc(COc2ccccc2OC(Cc2ccccc2)C2=NCCN2)cc1. The van der Waals surface area contributed by atoms with Crippen molar-refractivity contribution in [3.8, 4) is 17.2 Å². The first kappa shape index (κ1) is 30.3. The predicted octanol–water partition coefficient (Wildman–Crippen LogP) is 6.63. The van der Waals surface area contributed by atoms with Crippen LogP contribution in [0.2, 0.25) is 10.0 Å². The smallest absolute Gasteiger partial charge is 0.162 e. The van der Waals surface area contributed by atoms with Crippen LogP contribution in [0.4, 0.5) is 0 Å². The van der Waals surface area contributed by atoms with E-state index < -0.39 is 0 Å². The minimum atomic E-state index is -0.175. The summed E-state index contributed by atoms with van der Waals surface area (Å²) in [6.07, 6.45) is 0.575. The number of amidine groups is 2. The molecule has 0 aliphatic carbocycles. The van der Waals surface area contributed by atoms with E-state index in [-0.39, 0.29) is 6.10 Å². The van der Waals surface area contributed by atoms with Gasteiger partial charge in [0.15, 0.2) is 17.6 Å². The fourth-order valence-electron chi connectivity index (χ4n) is 4.49. The summed E-state index contributed by atoms with van der Waals surface area (Å²) in [4.78, 5) is 8.80. The molecule has 1 atom stereocenters. The molecule has 0 spiro atoms. The number of hydrogen-bond acceptors (Lipinski definition) is 7.